The molecule has 0 fully saturated rings. The Hall–Kier alpha value is -2.08. The molecular formula is C20H27N3O2S. The average Bonchev–Trinajstić information content (AvgIpc) is 2.58. The highest BCUT2D eigenvalue weighted by molar-refractivity contribution is 7.98. The van der Waals surface area contributed by atoms with Crippen LogP contribution >= 0.6 is 11.8 Å². The summed E-state index contributed by atoms with van der Waals surface area (Å²) in [5, 5.41) is 0. The lowest BCUT2D eigenvalue weighted by Gasteiger charge is -2.27. The van der Waals surface area contributed by atoms with E-state index in [1.807, 2.05) is 44.9 Å². The molecule has 0 unspecified atom stereocenters. The largest absolute Gasteiger partial charge is 0.345 e. The molecule has 1 heterocycles. The summed E-state index contributed by atoms with van der Waals surface area (Å²) in [5.41, 5.74) is 3.23. The summed E-state index contributed by atoms with van der Waals surface area (Å²) in [4.78, 5) is 34.0. The van der Waals surface area contributed by atoms with E-state index in [2.05, 4.69) is 28.2 Å². The molecule has 6 heteroatoms. The maximum absolute atomic E-state index is 12.8. The van der Waals surface area contributed by atoms with Gasteiger partial charge in [0.2, 0.25) is 5.91 Å². The van der Waals surface area contributed by atoms with Crippen molar-refractivity contribution in [2.24, 2.45) is 0 Å². The minimum atomic E-state index is -0.340. The molecule has 1 aromatic carbocycles. The summed E-state index contributed by atoms with van der Waals surface area (Å²) in [7, 11) is 0. The predicted octanol–water partition coefficient (Wildman–Crippen LogP) is 3.48. The first kappa shape index (κ1) is 20.2. The van der Waals surface area contributed by atoms with Gasteiger partial charge in [-0.05, 0) is 63.6 Å². The van der Waals surface area contributed by atoms with Gasteiger partial charge in [-0.1, -0.05) is 12.1 Å². The lowest BCUT2D eigenvalue weighted by molar-refractivity contribution is -0.133. The van der Waals surface area contributed by atoms with Gasteiger partial charge in [0.15, 0.2) is 0 Å². The second-order valence-electron chi connectivity index (χ2n) is 6.70. The fraction of sp³-hybridized carbons (Fsp3) is 0.450. The van der Waals surface area contributed by atoms with Crippen molar-refractivity contribution in [3.63, 3.8) is 0 Å². The van der Waals surface area contributed by atoms with Crippen LogP contribution in [0.5, 0.6) is 0 Å². The third-order valence-corrected chi connectivity index (χ3v) is 5.20. The lowest BCUT2D eigenvalue weighted by Crippen LogP contribution is -2.36. The Morgan fingerprint density at radius 3 is 2.65 bits per heavy atom. The van der Waals surface area contributed by atoms with Crippen LogP contribution in [0.1, 0.15) is 42.8 Å². The van der Waals surface area contributed by atoms with Crippen LogP contribution in [-0.4, -0.2) is 33.1 Å². The van der Waals surface area contributed by atoms with Crippen LogP contribution in [0.15, 0.2) is 34.0 Å². The van der Waals surface area contributed by atoms with E-state index in [4.69, 9.17) is 0 Å². The van der Waals surface area contributed by atoms with Crippen LogP contribution in [-0.2, 0) is 17.8 Å². The first-order chi connectivity index (χ1) is 12.3. The molecule has 140 valence electrons. The lowest BCUT2D eigenvalue weighted by atomic mass is 10.1. The molecule has 0 aliphatic carbocycles. The summed E-state index contributed by atoms with van der Waals surface area (Å²) in [6.07, 6.45) is 3.03. The highest BCUT2D eigenvalue weighted by atomic mass is 32.2. The van der Waals surface area contributed by atoms with Crippen LogP contribution < -0.4 is 5.69 Å². The normalized spacial score (nSPS) is 11.0. The zero-order chi connectivity index (χ0) is 19.3. The zero-order valence-corrected chi connectivity index (χ0v) is 16.9. The number of amides is 1. The molecule has 26 heavy (non-hydrogen) atoms. The molecule has 0 atom stereocenters. The second-order valence-corrected chi connectivity index (χ2v) is 7.58. The van der Waals surface area contributed by atoms with Crippen LogP contribution in [0.2, 0.25) is 0 Å². The van der Waals surface area contributed by atoms with Crippen molar-refractivity contribution < 1.29 is 4.79 Å². The summed E-state index contributed by atoms with van der Waals surface area (Å²) in [6.45, 7) is 8.34. The van der Waals surface area contributed by atoms with Crippen molar-refractivity contribution in [1.82, 2.24) is 14.9 Å². The van der Waals surface area contributed by atoms with Crippen LogP contribution in [0, 0.1) is 13.8 Å². The topological polar surface area (TPSA) is 66.1 Å². The molecule has 0 spiro atoms. The Kier molecular flexibility index (Phi) is 7.03. The molecule has 5 nitrogen and oxygen atoms in total. The smallest absolute Gasteiger partial charge is 0.336 e. The van der Waals surface area contributed by atoms with Crippen molar-refractivity contribution >= 4 is 17.7 Å². The van der Waals surface area contributed by atoms with Gasteiger partial charge in [0.05, 0.1) is 0 Å². The van der Waals surface area contributed by atoms with E-state index in [1.165, 1.54) is 4.90 Å². The predicted molar refractivity (Wildman–Crippen MR) is 107 cm³/mol. The highest BCUT2D eigenvalue weighted by Crippen LogP contribution is 2.19. The third kappa shape index (κ3) is 5.21. The summed E-state index contributed by atoms with van der Waals surface area (Å²) in [5.74, 6) is 0.111. The van der Waals surface area contributed by atoms with Crippen molar-refractivity contribution in [2.75, 3.05) is 6.26 Å². The van der Waals surface area contributed by atoms with Gasteiger partial charge in [-0.25, -0.2) is 4.79 Å². The van der Waals surface area contributed by atoms with Gasteiger partial charge in [-0.3, -0.25) is 4.79 Å². The number of aromatic amines is 1. The van der Waals surface area contributed by atoms with E-state index >= 15 is 0 Å². The van der Waals surface area contributed by atoms with E-state index in [9.17, 15) is 9.59 Å². The molecule has 2 aromatic rings. The summed E-state index contributed by atoms with van der Waals surface area (Å²) >= 11 is 1.70. The number of thioether (sulfide) groups is 1. The number of benzene rings is 1. The first-order valence-corrected chi connectivity index (χ1v) is 10.0. The Labute approximate surface area is 159 Å². The molecule has 0 bridgehead atoms. The fourth-order valence-electron chi connectivity index (χ4n) is 3.03. The maximum Gasteiger partial charge on any atom is 0.345 e. The third-order valence-electron chi connectivity index (χ3n) is 4.47. The Morgan fingerprint density at radius 1 is 1.31 bits per heavy atom. The quantitative estimate of drug-likeness (QED) is 0.755. The van der Waals surface area contributed by atoms with Crippen LogP contribution in [0.25, 0.3) is 0 Å². The number of hydrogen-bond acceptors (Lipinski definition) is 4. The Bertz CT molecular complexity index is 804. The molecule has 0 aliphatic heterocycles. The fourth-order valence-corrected chi connectivity index (χ4v) is 3.51. The van der Waals surface area contributed by atoms with E-state index in [1.54, 1.807) is 11.8 Å². The van der Waals surface area contributed by atoms with E-state index in [-0.39, 0.29) is 17.6 Å². The van der Waals surface area contributed by atoms with E-state index < -0.39 is 0 Å². The Morgan fingerprint density at radius 2 is 2.04 bits per heavy atom. The van der Waals surface area contributed by atoms with Crippen molar-refractivity contribution in [3.05, 3.63) is 57.3 Å². The van der Waals surface area contributed by atoms with Gasteiger partial charge in [-0.2, -0.15) is 4.98 Å². The van der Waals surface area contributed by atoms with E-state index in [0.29, 0.717) is 25.1 Å². The molecule has 0 radical (unpaired) electrons. The van der Waals surface area contributed by atoms with Gasteiger partial charge < -0.3 is 9.88 Å². The molecule has 1 amide bonds. The monoisotopic (exact) mass is 373 g/mol. The molecule has 1 N–H and O–H groups in total. The number of nitrogens with zero attached hydrogens (tertiary/aromatic N) is 2. The minimum Gasteiger partial charge on any atom is -0.336 e. The molecule has 0 saturated carbocycles. The van der Waals surface area contributed by atoms with Crippen LogP contribution in [0.4, 0.5) is 0 Å². The number of nitrogens with one attached hydrogen (secondary N) is 1. The zero-order valence-electron chi connectivity index (χ0n) is 16.1. The standard InChI is InChI=1S/C20H27N3O2S/c1-13(2)23(12-16-7-6-8-17(11-16)26-5)19(24)10-9-18-14(3)21-20(25)22-15(18)4/h6-8,11,13H,9-10,12H2,1-5H3,(H,21,22,25). The second kappa shape index (κ2) is 9.03. The highest BCUT2D eigenvalue weighted by Gasteiger charge is 2.18. The number of rotatable bonds is 7. The summed E-state index contributed by atoms with van der Waals surface area (Å²) in [6, 6.07) is 8.42. The number of carbonyl (C=O) groups is 1. The molecule has 1 aromatic heterocycles. The number of aryl methyl sites for hydroxylation is 2. The minimum absolute atomic E-state index is 0.111. The first-order valence-electron chi connectivity index (χ1n) is 8.80. The molecule has 0 saturated heterocycles. The Balaban J connectivity index is 2.10. The summed E-state index contributed by atoms with van der Waals surface area (Å²) < 4.78 is 0. The van der Waals surface area contributed by atoms with Gasteiger partial charge >= 0.3 is 5.69 Å². The van der Waals surface area contributed by atoms with Crippen molar-refractivity contribution in [1.29, 1.82) is 0 Å². The van der Waals surface area contributed by atoms with E-state index in [0.717, 1.165) is 16.8 Å². The van der Waals surface area contributed by atoms with Gasteiger partial charge in [0.1, 0.15) is 0 Å². The van der Waals surface area contributed by atoms with Crippen molar-refractivity contribution in [2.45, 2.75) is 58.0 Å². The maximum atomic E-state index is 12.8. The SMILES string of the molecule is CSc1cccc(CN(C(=O)CCc2c(C)nc(=O)[nH]c2C)C(C)C)c1. The van der Waals surface area contributed by atoms with Crippen LogP contribution in [0.3, 0.4) is 0 Å². The number of H-pyrrole nitrogens is 1. The van der Waals surface area contributed by atoms with Gasteiger partial charge in [-0.15, -0.1) is 11.8 Å². The van der Waals surface area contributed by atoms with Crippen molar-refractivity contribution in [3.8, 4) is 0 Å². The average molecular weight is 374 g/mol. The van der Waals surface area contributed by atoms with Gasteiger partial charge in [0, 0.05) is 35.3 Å². The van der Waals surface area contributed by atoms with Gasteiger partial charge in [0.25, 0.3) is 0 Å². The molecular weight excluding hydrogens is 346 g/mol. The molecule has 2 rings (SSSR count). The number of aromatic nitrogens is 2. The number of carbonyl (C=O) groups excluding carboxylic acids is 1. The number of hydrogen-bond donors (Lipinski definition) is 1. The molecule has 0 aliphatic rings.